The molecule has 1 rings (SSSR count). The van der Waals surface area contributed by atoms with Crippen molar-refractivity contribution in [3.8, 4) is 5.75 Å². The molecule has 0 saturated carbocycles. The molecule has 0 aromatic heterocycles. The zero-order chi connectivity index (χ0) is 15.7. The number of carbonyl (C=O) groups is 1. The molecule has 0 aliphatic rings. The minimum absolute atomic E-state index is 0.0571. The summed E-state index contributed by atoms with van der Waals surface area (Å²) in [6.07, 6.45) is 3.58. The van der Waals surface area contributed by atoms with Gasteiger partial charge in [-0.1, -0.05) is 26.0 Å². The van der Waals surface area contributed by atoms with Gasteiger partial charge in [0.2, 0.25) is 0 Å². The number of nitro groups is 1. The first-order valence-corrected chi connectivity index (χ1v) is 6.76. The van der Waals surface area contributed by atoms with Crippen LogP contribution in [-0.2, 0) is 4.79 Å². The minimum atomic E-state index is -0.557. The molecule has 1 amide bonds. The largest absolute Gasteiger partial charge is 0.477 e. The Labute approximate surface area is 123 Å². The van der Waals surface area contributed by atoms with Gasteiger partial charge in [-0.3, -0.25) is 14.9 Å². The lowest BCUT2D eigenvalue weighted by atomic mass is 10.1. The van der Waals surface area contributed by atoms with Gasteiger partial charge < -0.3 is 4.74 Å². The van der Waals surface area contributed by atoms with E-state index >= 15 is 0 Å². The molecule has 7 heteroatoms. The molecule has 21 heavy (non-hydrogen) atoms. The quantitative estimate of drug-likeness (QED) is 0.452. The number of amides is 1. The Balaban J connectivity index is 2.49. The van der Waals surface area contributed by atoms with Crippen LogP contribution in [0.5, 0.6) is 5.75 Å². The van der Waals surface area contributed by atoms with Gasteiger partial charge in [0.25, 0.3) is 5.91 Å². The average molecular weight is 293 g/mol. The molecule has 0 saturated heterocycles. The molecule has 1 N–H and O–H groups in total. The maximum Gasteiger partial charge on any atom is 0.310 e. The van der Waals surface area contributed by atoms with Crippen LogP contribution >= 0.6 is 0 Å². The predicted octanol–water partition coefficient (Wildman–Crippen LogP) is 2.51. The zero-order valence-electron chi connectivity index (χ0n) is 12.1. The number of hydrogen-bond acceptors (Lipinski definition) is 5. The molecule has 1 aromatic carbocycles. The highest BCUT2D eigenvalue weighted by molar-refractivity contribution is 5.78. The minimum Gasteiger partial charge on any atom is -0.477 e. The lowest BCUT2D eigenvalue weighted by molar-refractivity contribution is -0.385. The van der Waals surface area contributed by atoms with E-state index in [1.165, 1.54) is 18.2 Å². The van der Waals surface area contributed by atoms with Crippen LogP contribution in [0, 0.1) is 16.0 Å². The predicted molar refractivity (Wildman–Crippen MR) is 79.3 cm³/mol. The number of para-hydroxylation sites is 2. The van der Waals surface area contributed by atoms with Crippen LogP contribution in [-0.4, -0.2) is 23.7 Å². The molecule has 0 atom stereocenters. The van der Waals surface area contributed by atoms with Gasteiger partial charge in [0, 0.05) is 12.3 Å². The molecule has 1 aromatic rings. The first-order chi connectivity index (χ1) is 10.1. The van der Waals surface area contributed by atoms with Crippen molar-refractivity contribution < 1.29 is 14.5 Å². The number of rotatable bonds is 8. The normalized spacial score (nSPS) is 10.8. The van der Waals surface area contributed by atoms with E-state index in [0.29, 0.717) is 5.92 Å². The third-order valence-electron chi connectivity index (χ3n) is 2.94. The van der Waals surface area contributed by atoms with E-state index in [4.69, 9.17) is 4.74 Å². The molecule has 0 aliphatic carbocycles. The van der Waals surface area contributed by atoms with E-state index in [0.717, 1.165) is 12.8 Å². The maximum absolute atomic E-state index is 11.5. The number of carbonyl (C=O) groups excluding carboxylic acids is 1. The van der Waals surface area contributed by atoms with Gasteiger partial charge in [-0.15, -0.1) is 0 Å². The van der Waals surface area contributed by atoms with Gasteiger partial charge in [0.15, 0.2) is 12.4 Å². The number of nitrogens with zero attached hydrogens (tertiary/aromatic N) is 2. The molecule has 0 aliphatic heterocycles. The standard InChI is InChI=1S/C14H19N3O4/c1-3-11(4-2)9-15-16-14(18)10-21-13-8-6-5-7-12(13)17(19)20/h5-9,11H,3-4,10H2,1-2H3,(H,16,18)/b15-9-. The van der Waals surface area contributed by atoms with Gasteiger partial charge in [-0.05, 0) is 24.8 Å². The summed E-state index contributed by atoms with van der Waals surface area (Å²) >= 11 is 0. The first-order valence-electron chi connectivity index (χ1n) is 6.76. The fourth-order valence-corrected chi connectivity index (χ4v) is 1.62. The highest BCUT2D eigenvalue weighted by Gasteiger charge is 2.14. The van der Waals surface area contributed by atoms with Crippen molar-refractivity contribution in [1.82, 2.24) is 5.43 Å². The fraction of sp³-hybridized carbons (Fsp3) is 0.429. The van der Waals surface area contributed by atoms with Crippen molar-refractivity contribution in [3.05, 3.63) is 34.4 Å². The van der Waals surface area contributed by atoms with E-state index < -0.39 is 10.8 Å². The number of nitro benzene ring substituents is 1. The third-order valence-corrected chi connectivity index (χ3v) is 2.94. The summed E-state index contributed by atoms with van der Waals surface area (Å²) in [5.74, 6) is -0.0848. The van der Waals surface area contributed by atoms with E-state index in [1.807, 2.05) is 13.8 Å². The smallest absolute Gasteiger partial charge is 0.310 e. The number of nitrogens with one attached hydrogen (secondary N) is 1. The van der Waals surface area contributed by atoms with Gasteiger partial charge in [-0.25, -0.2) is 5.43 Å². The summed E-state index contributed by atoms with van der Waals surface area (Å²) in [5.41, 5.74) is 2.16. The van der Waals surface area contributed by atoms with Crippen molar-refractivity contribution in [1.29, 1.82) is 0 Å². The molecule has 7 nitrogen and oxygen atoms in total. The summed E-state index contributed by atoms with van der Waals surface area (Å²) in [5, 5.41) is 14.6. The second kappa shape index (κ2) is 8.68. The first kappa shape index (κ1) is 16.6. The highest BCUT2D eigenvalue weighted by Crippen LogP contribution is 2.25. The molecule has 0 bridgehead atoms. The molecule has 0 heterocycles. The van der Waals surface area contributed by atoms with Gasteiger partial charge >= 0.3 is 5.69 Å². The molecule has 0 unspecified atom stereocenters. The van der Waals surface area contributed by atoms with Gasteiger partial charge in [0.1, 0.15) is 0 Å². The van der Waals surface area contributed by atoms with E-state index in [-0.39, 0.29) is 18.0 Å². The van der Waals surface area contributed by atoms with Crippen LogP contribution in [0.4, 0.5) is 5.69 Å². The van der Waals surface area contributed by atoms with Gasteiger partial charge in [0.05, 0.1) is 4.92 Å². The van der Waals surface area contributed by atoms with E-state index in [1.54, 1.807) is 12.3 Å². The lowest BCUT2D eigenvalue weighted by Crippen LogP contribution is -2.25. The maximum atomic E-state index is 11.5. The number of ether oxygens (including phenoxy) is 1. The molecular formula is C14H19N3O4. The van der Waals surface area contributed by atoms with Crippen molar-refractivity contribution in [2.45, 2.75) is 26.7 Å². The van der Waals surface area contributed by atoms with Crippen LogP contribution in [0.25, 0.3) is 0 Å². The molecule has 114 valence electrons. The third kappa shape index (κ3) is 5.60. The molecule has 0 radical (unpaired) electrons. The average Bonchev–Trinajstić information content (AvgIpc) is 2.49. The van der Waals surface area contributed by atoms with E-state index in [2.05, 4.69) is 10.5 Å². The number of hydrogen-bond donors (Lipinski definition) is 1. The van der Waals surface area contributed by atoms with Crippen molar-refractivity contribution in [2.75, 3.05) is 6.61 Å². The number of benzene rings is 1. The Morgan fingerprint density at radius 2 is 2.10 bits per heavy atom. The molecule has 0 fully saturated rings. The summed E-state index contributed by atoms with van der Waals surface area (Å²) in [7, 11) is 0. The topological polar surface area (TPSA) is 93.8 Å². The molecule has 0 spiro atoms. The second-order valence-corrected chi connectivity index (χ2v) is 4.40. The fourth-order valence-electron chi connectivity index (χ4n) is 1.62. The Morgan fingerprint density at radius 1 is 1.43 bits per heavy atom. The molecular weight excluding hydrogens is 274 g/mol. The monoisotopic (exact) mass is 293 g/mol. The summed E-state index contributed by atoms with van der Waals surface area (Å²) in [6.45, 7) is 3.75. The zero-order valence-corrected chi connectivity index (χ0v) is 12.1. The van der Waals surface area contributed by atoms with Crippen molar-refractivity contribution >= 4 is 17.8 Å². The van der Waals surface area contributed by atoms with Crippen LogP contribution in [0.1, 0.15) is 26.7 Å². The Bertz CT molecular complexity index is 513. The van der Waals surface area contributed by atoms with Crippen molar-refractivity contribution in [3.63, 3.8) is 0 Å². The number of hydrazone groups is 1. The SMILES string of the molecule is CCC(/C=N\NC(=O)COc1ccccc1[N+](=O)[O-])CC. The van der Waals surface area contributed by atoms with Crippen molar-refractivity contribution in [2.24, 2.45) is 11.0 Å². The second-order valence-electron chi connectivity index (χ2n) is 4.40. The Kier molecular flexibility index (Phi) is 6.86. The van der Waals surface area contributed by atoms with Gasteiger partial charge in [-0.2, -0.15) is 5.10 Å². The summed E-state index contributed by atoms with van der Waals surface area (Å²) < 4.78 is 5.14. The Morgan fingerprint density at radius 3 is 2.71 bits per heavy atom. The van der Waals surface area contributed by atoms with Crippen LogP contribution in [0.2, 0.25) is 0 Å². The highest BCUT2D eigenvalue weighted by atomic mass is 16.6. The summed E-state index contributed by atoms with van der Waals surface area (Å²) in [6, 6.07) is 5.90. The Hall–Kier alpha value is -2.44. The van der Waals surface area contributed by atoms with Crippen LogP contribution in [0.3, 0.4) is 0 Å². The van der Waals surface area contributed by atoms with Crippen LogP contribution < -0.4 is 10.2 Å². The lowest BCUT2D eigenvalue weighted by Gasteiger charge is -2.06. The summed E-state index contributed by atoms with van der Waals surface area (Å²) in [4.78, 5) is 21.8. The van der Waals surface area contributed by atoms with Crippen LogP contribution in [0.15, 0.2) is 29.4 Å². The van der Waals surface area contributed by atoms with E-state index in [9.17, 15) is 14.9 Å².